The second-order valence-electron chi connectivity index (χ2n) is 5.69. The van der Waals surface area contributed by atoms with Crippen LogP contribution in [-0.2, 0) is 19.4 Å². The Morgan fingerprint density at radius 2 is 1.63 bits per heavy atom. The number of nitrogens with one attached hydrogen (secondary N) is 3. The van der Waals surface area contributed by atoms with Gasteiger partial charge in [0.15, 0.2) is 9.84 Å². The number of benzene rings is 2. The van der Waals surface area contributed by atoms with E-state index in [9.17, 15) is 26.8 Å². The van der Waals surface area contributed by atoms with Crippen molar-refractivity contribution in [2.75, 3.05) is 16.9 Å². The average Bonchev–Trinajstić information content (AvgIpc) is 3.02. The van der Waals surface area contributed by atoms with Gasteiger partial charge in [0.1, 0.15) is 16.5 Å². The largest absolute Gasteiger partial charge is 0.361 e. The molecule has 0 aliphatic rings. The van der Waals surface area contributed by atoms with Crippen LogP contribution in [-0.4, -0.2) is 31.5 Å². The Balaban J connectivity index is 1.79. The van der Waals surface area contributed by atoms with Crippen molar-refractivity contribution in [3.63, 3.8) is 0 Å². The Morgan fingerprint density at radius 1 is 1.00 bits per heavy atom. The van der Waals surface area contributed by atoms with Gasteiger partial charge >= 0.3 is 11.8 Å². The van der Waals surface area contributed by atoms with Crippen LogP contribution in [0.2, 0.25) is 0 Å². The van der Waals surface area contributed by atoms with Crippen LogP contribution in [0.25, 0.3) is 10.9 Å². The molecule has 0 spiro atoms. The monoisotopic (exact) mass is 393 g/mol. The highest BCUT2D eigenvalue weighted by Gasteiger charge is 2.22. The minimum absolute atomic E-state index is 0.374. The number of aromatic nitrogens is 1. The van der Waals surface area contributed by atoms with E-state index in [2.05, 4.69) is 10.3 Å². The fraction of sp³-hybridized carbons (Fsp3) is 0.0588. The van der Waals surface area contributed by atoms with Crippen molar-refractivity contribution in [1.82, 2.24) is 4.98 Å². The molecule has 10 heteroatoms. The summed E-state index contributed by atoms with van der Waals surface area (Å²) in [7, 11) is -4.13. The number of anilines is 2. The zero-order valence-electron chi connectivity index (χ0n) is 13.8. The Hall–Kier alpha value is -3.27. The van der Waals surface area contributed by atoms with E-state index in [1.165, 1.54) is 0 Å². The number of carbonyl (C=O) groups is 2. The van der Waals surface area contributed by atoms with Crippen molar-refractivity contribution in [2.24, 2.45) is 0 Å². The molecule has 3 aromatic rings. The van der Waals surface area contributed by atoms with E-state index in [1.54, 1.807) is 30.5 Å². The third kappa shape index (κ3) is 3.80. The molecule has 0 atom stereocenters. The van der Waals surface area contributed by atoms with Gasteiger partial charge in [0.05, 0.1) is 5.69 Å². The van der Waals surface area contributed by atoms with Crippen LogP contribution in [0.1, 0.15) is 0 Å². The predicted octanol–water partition coefficient (Wildman–Crippen LogP) is 2.43. The quantitative estimate of drug-likeness (QED) is 0.594. The molecular formula is C17H13F2N3O4S. The lowest BCUT2D eigenvalue weighted by Gasteiger charge is -2.09. The first-order valence-corrected chi connectivity index (χ1v) is 9.43. The van der Waals surface area contributed by atoms with E-state index in [1.807, 2.05) is 5.32 Å². The Kier molecular flexibility index (Phi) is 4.66. The highest BCUT2D eigenvalue weighted by Crippen LogP contribution is 2.24. The summed E-state index contributed by atoms with van der Waals surface area (Å²) in [4.78, 5) is 25.9. The van der Waals surface area contributed by atoms with Crippen molar-refractivity contribution in [3.05, 3.63) is 54.2 Å². The second-order valence-corrected chi connectivity index (χ2v) is 7.65. The molecule has 0 aliphatic carbocycles. The summed E-state index contributed by atoms with van der Waals surface area (Å²) in [6.07, 6.45) is 2.32. The van der Waals surface area contributed by atoms with Crippen LogP contribution in [0.4, 0.5) is 20.2 Å². The van der Waals surface area contributed by atoms with Crippen molar-refractivity contribution < 1.29 is 26.8 Å². The number of hydrogen-bond donors (Lipinski definition) is 3. The maximum Gasteiger partial charge on any atom is 0.314 e. The van der Waals surface area contributed by atoms with Gasteiger partial charge in [-0.2, -0.15) is 0 Å². The van der Waals surface area contributed by atoms with Crippen molar-refractivity contribution in [2.45, 2.75) is 4.90 Å². The fourth-order valence-corrected chi connectivity index (χ4v) is 3.37. The summed E-state index contributed by atoms with van der Waals surface area (Å²) < 4.78 is 50.5. The van der Waals surface area contributed by atoms with Crippen LogP contribution in [0.5, 0.6) is 0 Å². The van der Waals surface area contributed by atoms with E-state index in [4.69, 9.17) is 0 Å². The molecule has 27 heavy (non-hydrogen) atoms. The summed E-state index contributed by atoms with van der Waals surface area (Å²) >= 11 is 0. The van der Waals surface area contributed by atoms with Crippen LogP contribution in [0, 0.1) is 11.6 Å². The lowest BCUT2D eigenvalue weighted by Crippen LogP contribution is -2.29. The molecule has 7 nitrogen and oxygen atoms in total. The minimum atomic E-state index is -4.13. The highest BCUT2D eigenvalue weighted by molar-refractivity contribution is 7.90. The van der Waals surface area contributed by atoms with Gasteiger partial charge in [0.2, 0.25) is 0 Å². The number of hydrogen-bond acceptors (Lipinski definition) is 4. The Labute approximate surface area is 152 Å². The second kappa shape index (κ2) is 6.80. The van der Waals surface area contributed by atoms with Crippen molar-refractivity contribution in [1.29, 1.82) is 0 Å². The van der Waals surface area contributed by atoms with Gasteiger partial charge in [-0.1, -0.05) is 6.07 Å². The molecule has 0 unspecified atom stereocenters. The molecule has 0 saturated carbocycles. The molecule has 1 aromatic heterocycles. The van der Waals surface area contributed by atoms with Gasteiger partial charge in [-0.15, -0.1) is 0 Å². The number of halogens is 2. The summed E-state index contributed by atoms with van der Waals surface area (Å²) in [5.41, 5.74) is 0.727. The first-order chi connectivity index (χ1) is 12.7. The molecule has 0 radical (unpaired) electrons. The molecule has 0 bridgehead atoms. The predicted molar refractivity (Wildman–Crippen MR) is 95.0 cm³/mol. The van der Waals surface area contributed by atoms with E-state index in [0.717, 1.165) is 5.52 Å². The molecule has 2 aromatic carbocycles. The van der Waals surface area contributed by atoms with E-state index in [0.29, 0.717) is 29.5 Å². The number of fused-ring (bicyclic) bond motifs is 1. The lowest BCUT2D eigenvalue weighted by molar-refractivity contribution is -0.132. The van der Waals surface area contributed by atoms with Gasteiger partial charge in [0, 0.05) is 29.0 Å². The zero-order valence-corrected chi connectivity index (χ0v) is 14.7. The molecule has 0 fully saturated rings. The SMILES string of the molecule is CS(=O)(=O)c1c(F)cc(NC(=O)C(=O)Nc2cccc3[nH]ccc23)cc1F. The number of carbonyl (C=O) groups excluding carboxylic acids is 2. The molecule has 3 N–H and O–H groups in total. The maximum absolute atomic E-state index is 13.9. The summed E-state index contributed by atoms with van der Waals surface area (Å²) in [5.74, 6) is -4.97. The minimum Gasteiger partial charge on any atom is -0.361 e. The van der Waals surface area contributed by atoms with Crippen molar-refractivity contribution in [3.8, 4) is 0 Å². The standard InChI is InChI=1S/C17H13F2N3O4S/c1-27(25,26)15-11(18)7-9(8-12(15)19)21-16(23)17(24)22-14-4-2-3-13-10(14)5-6-20-13/h2-8,20H,1H3,(H,21,23)(H,22,24). The molecule has 0 aliphatic heterocycles. The lowest BCUT2D eigenvalue weighted by atomic mass is 10.2. The van der Waals surface area contributed by atoms with Crippen LogP contribution < -0.4 is 10.6 Å². The van der Waals surface area contributed by atoms with Crippen LogP contribution in [0.15, 0.2) is 47.5 Å². The molecule has 140 valence electrons. The summed E-state index contributed by atoms with van der Waals surface area (Å²) in [6, 6.07) is 7.98. The molecule has 0 saturated heterocycles. The highest BCUT2D eigenvalue weighted by atomic mass is 32.2. The fourth-order valence-electron chi connectivity index (χ4n) is 2.55. The van der Waals surface area contributed by atoms with Crippen LogP contribution in [0.3, 0.4) is 0 Å². The van der Waals surface area contributed by atoms with Crippen LogP contribution >= 0.6 is 0 Å². The number of H-pyrrole nitrogens is 1. The number of rotatable bonds is 3. The third-order valence-corrected chi connectivity index (χ3v) is 4.81. The van der Waals surface area contributed by atoms with E-state index < -0.39 is 43.9 Å². The molecule has 1 heterocycles. The first kappa shape index (κ1) is 18.5. The number of aromatic amines is 1. The van der Waals surface area contributed by atoms with Gasteiger partial charge in [-0.05, 0) is 30.3 Å². The number of sulfone groups is 1. The van der Waals surface area contributed by atoms with Gasteiger partial charge in [-0.25, -0.2) is 17.2 Å². The first-order valence-electron chi connectivity index (χ1n) is 7.54. The van der Waals surface area contributed by atoms with E-state index in [-0.39, 0.29) is 0 Å². The normalized spacial score (nSPS) is 11.4. The summed E-state index contributed by atoms with van der Waals surface area (Å²) in [6.45, 7) is 0. The Morgan fingerprint density at radius 3 is 2.26 bits per heavy atom. The average molecular weight is 393 g/mol. The zero-order chi connectivity index (χ0) is 19.8. The van der Waals surface area contributed by atoms with Gasteiger partial charge in [0.25, 0.3) is 0 Å². The smallest absolute Gasteiger partial charge is 0.314 e. The molecular weight excluding hydrogens is 380 g/mol. The van der Waals surface area contributed by atoms with E-state index >= 15 is 0 Å². The molecule has 2 amide bonds. The third-order valence-electron chi connectivity index (χ3n) is 3.68. The van der Waals surface area contributed by atoms with Gasteiger partial charge < -0.3 is 15.6 Å². The molecule has 3 rings (SSSR count). The summed E-state index contributed by atoms with van der Waals surface area (Å²) in [5, 5.41) is 5.11. The van der Waals surface area contributed by atoms with Gasteiger partial charge in [-0.3, -0.25) is 9.59 Å². The maximum atomic E-state index is 13.9. The Bertz CT molecular complexity index is 1150. The topological polar surface area (TPSA) is 108 Å². The number of amides is 2. The van der Waals surface area contributed by atoms with Crippen molar-refractivity contribution >= 4 is 43.9 Å².